The molecule has 3 aromatic carbocycles. The molecule has 25 heteroatoms. The number of carbonyl (C=O) groups excluding carboxylic acids is 3. The molecule has 21 nitrogen and oxygen atoms in total. The van der Waals surface area contributed by atoms with Crippen LogP contribution in [-0.2, 0) is 56.1 Å². The number of aryl methyl sites for hydroxylation is 2. The Balaban J connectivity index is 1.16. The lowest BCUT2D eigenvalue weighted by molar-refractivity contribution is -0.122. The number of hydrogen-bond donors (Lipinski definition) is 6. The van der Waals surface area contributed by atoms with Gasteiger partial charge in [0.1, 0.15) is 0 Å². The highest BCUT2D eigenvalue weighted by molar-refractivity contribution is 7.99. The van der Waals surface area contributed by atoms with Crippen LogP contribution in [0.1, 0.15) is 76.8 Å². The van der Waals surface area contributed by atoms with E-state index in [1.807, 2.05) is 38.1 Å². The Morgan fingerprint density at radius 1 is 0.583 bits per heavy atom. The molecule has 0 bridgehead atoms. The third kappa shape index (κ3) is 27.8. The molecule has 0 saturated heterocycles. The van der Waals surface area contributed by atoms with Gasteiger partial charge in [0.15, 0.2) is 15.6 Å². The van der Waals surface area contributed by atoms with Crippen molar-refractivity contribution in [3.05, 3.63) is 95.1 Å². The predicted molar refractivity (Wildman–Crippen MR) is 269 cm³/mol. The molecule has 0 aliphatic rings. The Morgan fingerprint density at radius 2 is 1.07 bits per heavy atom. The maximum Gasteiger partial charge on any atom is 0.481 e. The Bertz CT molecular complexity index is 2290. The van der Waals surface area contributed by atoms with Crippen molar-refractivity contribution in [2.45, 2.75) is 68.6 Å². The third-order valence-electron chi connectivity index (χ3n) is 10.2. The predicted octanol–water partition coefficient (Wildman–Crippen LogP) is 6.53. The second kappa shape index (κ2) is 34.4. The van der Waals surface area contributed by atoms with Gasteiger partial charge in [0.05, 0.1) is 76.7 Å². The fourth-order valence-electron chi connectivity index (χ4n) is 6.28. The first-order chi connectivity index (χ1) is 34.4. The SMILES string of the molecule is Cc1ccc(SCC(CS(=O)(=O)c2ccc(C)cc2)C(=O)c2ccc(C(=O)NCCOCCOCCOCCOCCC(=O)NCCCCCOP(=O)(O)OP(=O)(O)OCCCCCNC(=O)O)cc2)cc1. The fourth-order valence-corrected chi connectivity index (χ4v) is 11.1. The minimum atomic E-state index is -4.87. The lowest BCUT2D eigenvalue weighted by Gasteiger charge is -2.17. The van der Waals surface area contributed by atoms with Gasteiger partial charge in [-0.15, -0.1) is 11.8 Å². The maximum absolute atomic E-state index is 13.8. The van der Waals surface area contributed by atoms with E-state index in [0.29, 0.717) is 89.2 Å². The zero-order valence-corrected chi connectivity index (χ0v) is 44.2. The number of ketones is 1. The molecule has 0 fully saturated rings. The zero-order chi connectivity index (χ0) is 52.7. The summed E-state index contributed by atoms with van der Waals surface area (Å²) >= 11 is 1.42. The number of sulfone groups is 1. The van der Waals surface area contributed by atoms with E-state index in [0.717, 1.165) is 16.0 Å². The Hall–Kier alpha value is -4.06. The Labute approximate surface area is 425 Å². The van der Waals surface area contributed by atoms with Crippen LogP contribution in [0.5, 0.6) is 0 Å². The number of Topliss-reactive ketones (excluding diaryl/α,β-unsaturated/α-hetero) is 1. The van der Waals surface area contributed by atoms with E-state index in [9.17, 15) is 46.5 Å². The standard InChI is InChI=1S/C47H69N3O18P2S2/c1-37-9-17-42(18-10-37)71-35-41(36-72(60,61)43-19-11-38(2)12-20-43)45(52)39-13-15-40(16-14-39)46(53)49-24-28-63-30-32-65-34-33-64-31-29-62-27-21-44(51)48-22-5-3-7-25-66-69(56,57)68-70(58,59)67-26-8-4-6-23-50-47(54)55/h9-20,41,50H,3-8,21-36H2,1-2H3,(H,48,51)(H,49,53)(H,54,55)(H,56,57)(H,58,59). The quantitative estimate of drug-likeness (QED) is 0.0153. The maximum atomic E-state index is 13.8. The highest BCUT2D eigenvalue weighted by Crippen LogP contribution is 2.60. The number of nitrogens with one attached hydrogen (secondary N) is 3. The van der Waals surface area contributed by atoms with Crippen LogP contribution in [0.2, 0.25) is 0 Å². The number of unbranched alkanes of at least 4 members (excludes halogenated alkanes) is 4. The first-order valence-corrected chi connectivity index (χ1v) is 29.1. The van der Waals surface area contributed by atoms with Crippen LogP contribution < -0.4 is 16.0 Å². The molecule has 3 unspecified atom stereocenters. The van der Waals surface area contributed by atoms with Crippen LogP contribution in [-0.4, -0.2) is 144 Å². The molecule has 3 rings (SSSR count). The van der Waals surface area contributed by atoms with Gasteiger partial charge in [0.2, 0.25) is 5.91 Å². The first kappa shape index (κ1) is 62.2. The minimum Gasteiger partial charge on any atom is -0.465 e. The summed E-state index contributed by atoms with van der Waals surface area (Å²) in [4.78, 5) is 69.4. The van der Waals surface area contributed by atoms with Crippen LogP contribution in [0.15, 0.2) is 82.6 Å². The third-order valence-corrected chi connectivity index (χ3v) is 15.8. The molecule has 0 heterocycles. The number of carbonyl (C=O) groups is 4. The number of carboxylic acid groups (broad SMARTS) is 1. The number of thioether (sulfide) groups is 1. The monoisotopic (exact) mass is 1090 g/mol. The van der Waals surface area contributed by atoms with Crippen LogP contribution in [0.3, 0.4) is 0 Å². The Kier molecular flexibility index (Phi) is 29.8. The molecule has 3 aromatic rings. The van der Waals surface area contributed by atoms with E-state index < -0.39 is 37.5 Å². The van der Waals surface area contributed by atoms with Gasteiger partial charge in [0, 0.05) is 53.7 Å². The number of phosphoric ester groups is 2. The van der Waals surface area contributed by atoms with Crippen molar-refractivity contribution in [2.24, 2.45) is 5.92 Å². The number of benzene rings is 3. The fraction of sp³-hybridized carbons (Fsp3) is 0.532. The van der Waals surface area contributed by atoms with Gasteiger partial charge in [0.25, 0.3) is 5.91 Å². The zero-order valence-electron chi connectivity index (χ0n) is 40.7. The minimum absolute atomic E-state index is 0.143. The number of phosphoric acid groups is 2. The van der Waals surface area contributed by atoms with Crippen molar-refractivity contribution in [2.75, 3.05) is 97.2 Å². The molecular weight excluding hydrogens is 1020 g/mol. The van der Waals surface area contributed by atoms with E-state index in [2.05, 4.69) is 24.8 Å². The number of hydrogen-bond acceptors (Lipinski definition) is 16. The largest absolute Gasteiger partial charge is 0.481 e. The lowest BCUT2D eigenvalue weighted by atomic mass is 9.99. The normalized spacial score (nSPS) is 13.7. The molecule has 0 radical (unpaired) electrons. The van der Waals surface area contributed by atoms with Gasteiger partial charge < -0.3 is 49.8 Å². The molecule has 0 aromatic heterocycles. The van der Waals surface area contributed by atoms with Gasteiger partial charge in [-0.2, -0.15) is 4.31 Å². The molecule has 0 saturated carbocycles. The second-order valence-electron chi connectivity index (χ2n) is 16.2. The highest BCUT2D eigenvalue weighted by Gasteiger charge is 2.35. The van der Waals surface area contributed by atoms with Crippen molar-refractivity contribution in [3.63, 3.8) is 0 Å². The molecular formula is C47H69N3O18P2S2. The van der Waals surface area contributed by atoms with Gasteiger partial charge in [-0.05, 0) is 88.8 Å². The van der Waals surface area contributed by atoms with Crippen molar-refractivity contribution in [3.8, 4) is 0 Å². The van der Waals surface area contributed by atoms with Crippen LogP contribution in [0.25, 0.3) is 0 Å². The molecule has 0 spiro atoms. The summed E-state index contributed by atoms with van der Waals surface area (Å²) in [6, 6.07) is 20.6. The molecule has 6 N–H and O–H groups in total. The van der Waals surface area contributed by atoms with E-state index in [1.165, 1.54) is 11.8 Å². The van der Waals surface area contributed by atoms with E-state index in [4.69, 9.17) is 28.6 Å². The van der Waals surface area contributed by atoms with E-state index in [1.54, 1.807) is 48.5 Å². The summed E-state index contributed by atoms with van der Waals surface area (Å²) < 4.78 is 86.3. The van der Waals surface area contributed by atoms with Crippen LogP contribution in [0, 0.1) is 19.8 Å². The van der Waals surface area contributed by atoms with Crippen molar-refractivity contribution in [1.29, 1.82) is 0 Å². The van der Waals surface area contributed by atoms with Gasteiger partial charge in [-0.1, -0.05) is 47.5 Å². The second-order valence-corrected chi connectivity index (χ2v) is 22.4. The number of ether oxygens (including phenoxy) is 4. The summed E-state index contributed by atoms with van der Waals surface area (Å²) in [6.07, 6.45) is 1.62. The van der Waals surface area contributed by atoms with E-state index >= 15 is 0 Å². The average Bonchev–Trinajstić information content (AvgIpc) is 3.33. The van der Waals surface area contributed by atoms with Gasteiger partial charge in [-0.25, -0.2) is 22.3 Å². The van der Waals surface area contributed by atoms with Crippen LogP contribution >= 0.6 is 27.4 Å². The molecule has 3 atom stereocenters. The number of rotatable bonds is 40. The summed E-state index contributed by atoms with van der Waals surface area (Å²) in [5.74, 6) is -1.81. The van der Waals surface area contributed by atoms with E-state index in [-0.39, 0.29) is 86.5 Å². The van der Waals surface area contributed by atoms with Crippen molar-refractivity contribution in [1.82, 2.24) is 16.0 Å². The molecule has 402 valence electrons. The summed E-state index contributed by atoms with van der Waals surface area (Å²) in [7, 11) is -13.5. The molecule has 72 heavy (non-hydrogen) atoms. The lowest BCUT2D eigenvalue weighted by Crippen LogP contribution is -2.28. The molecule has 0 aliphatic heterocycles. The summed E-state index contributed by atoms with van der Waals surface area (Å²) in [6.45, 7) is 6.47. The van der Waals surface area contributed by atoms with Crippen LogP contribution in [0.4, 0.5) is 4.79 Å². The van der Waals surface area contributed by atoms with Crippen molar-refractivity contribution >= 4 is 60.9 Å². The number of amides is 3. The molecule has 0 aliphatic carbocycles. The van der Waals surface area contributed by atoms with Crippen molar-refractivity contribution < 1.29 is 83.9 Å². The highest BCUT2D eigenvalue weighted by atomic mass is 32.2. The summed E-state index contributed by atoms with van der Waals surface area (Å²) in [5, 5.41) is 16.2. The smallest absolute Gasteiger partial charge is 0.465 e. The first-order valence-electron chi connectivity index (χ1n) is 23.5. The molecule has 3 amide bonds. The Morgan fingerprint density at radius 3 is 1.61 bits per heavy atom. The topological polar surface area (TPSA) is 298 Å². The summed E-state index contributed by atoms with van der Waals surface area (Å²) in [5.41, 5.74) is 2.68. The average molecular weight is 1090 g/mol. The van der Waals surface area contributed by atoms with Gasteiger partial charge in [-0.3, -0.25) is 23.4 Å². The van der Waals surface area contributed by atoms with Gasteiger partial charge >= 0.3 is 21.7 Å².